The SMILES string of the molecule is CCNC(=NCCc1ccco1)NCCc1ccc(F)cc1Cl. The molecule has 124 valence electrons. The van der Waals surface area contributed by atoms with Crippen molar-refractivity contribution in [2.45, 2.75) is 19.8 Å². The molecule has 0 aliphatic carbocycles. The Hall–Kier alpha value is -2.01. The molecular weight excluding hydrogens is 317 g/mol. The Morgan fingerprint density at radius 2 is 2.13 bits per heavy atom. The molecule has 0 amide bonds. The highest BCUT2D eigenvalue weighted by atomic mass is 35.5. The van der Waals surface area contributed by atoms with Crippen LogP contribution < -0.4 is 10.6 Å². The molecule has 0 atom stereocenters. The molecule has 2 aromatic rings. The van der Waals surface area contributed by atoms with Gasteiger partial charge in [0.2, 0.25) is 0 Å². The van der Waals surface area contributed by atoms with Gasteiger partial charge in [0.15, 0.2) is 5.96 Å². The van der Waals surface area contributed by atoms with Crippen molar-refractivity contribution in [1.29, 1.82) is 0 Å². The van der Waals surface area contributed by atoms with Crippen LogP contribution in [-0.4, -0.2) is 25.6 Å². The molecule has 0 radical (unpaired) electrons. The zero-order chi connectivity index (χ0) is 16.5. The van der Waals surface area contributed by atoms with Gasteiger partial charge in [-0.15, -0.1) is 0 Å². The Bertz CT molecular complexity index is 629. The number of hydrogen-bond donors (Lipinski definition) is 2. The lowest BCUT2D eigenvalue weighted by molar-refractivity contribution is 0.510. The van der Waals surface area contributed by atoms with Crippen LogP contribution in [0, 0.1) is 5.82 Å². The van der Waals surface area contributed by atoms with Crippen LogP contribution in [0.25, 0.3) is 0 Å². The van der Waals surface area contributed by atoms with Gasteiger partial charge in [-0.1, -0.05) is 17.7 Å². The number of nitrogens with zero attached hydrogens (tertiary/aromatic N) is 1. The van der Waals surface area contributed by atoms with E-state index in [1.807, 2.05) is 19.1 Å². The minimum atomic E-state index is -0.320. The first-order valence-corrected chi connectivity index (χ1v) is 8.05. The number of guanidine groups is 1. The van der Waals surface area contributed by atoms with Crippen molar-refractivity contribution in [3.8, 4) is 0 Å². The third kappa shape index (κ3) is 5.94. The summed E-state index contributed by atoms with van der Waals surface area (Å²) in [5.41, 5.74) is 0.909. The summed E-state index contributed by atoms with van der Waals surface area (Å²) in [5, 5.41) is 6.89. The average molecular weight is 338 g/mol. The molecule has 0 aliphatic heterocycles. The Labute approximate surface area is 140 Å². The molecule has 2 rings (SSSR count). The molecule has 0 saturated carbocycles. The summed E-state index contributed by atoms with van der Waals surface area (Å²) < 4.78 is 18.3. The topological polar surface area (TPSA) is 49.6 Å². The van der Waals surface area contributed by atoms with Crippen molar-refractivity contribution in [2.75, 3.05) is 19.6 Å². The lowest BCUT2D eigenvalue weighted by Crippen LogP contribution is -2.38. The van der Waals surface area contributed by atoms with Crippen LogP contribution in [-0.2, 0) is 12.8 Å². The summed E-state index contributed by atoms with van der Waals surface area (Å²) >= 11 is 6.02. The monoisotopic (exact) mass is 337 g/mol. The Morgan fingerprint density at radius 1 is 1.26 bits per heavy atom. The number of hydrogen-bond acceptors (Lipinski definition) is 2. The second-order valence-corrected chi connectivity index (χ2v) is 5.41. The second kappa shape index (κ2) is 9.20. The summed E-state index contributed by atoms with van der Waals surface area (Å²) in [6.45, 7) is 4.10. The van der Waals surface area contributed by atoms with Gasteiger partial charge in [-0.2, -0.15) is 0 Å². The molecule has 23 heavy (non-hydrogen) atoms. The molecule has 4 nitrogen and oxygen atoms in total. The van der Waals surface area contributed by atoms with E-state index < -0.39 is 0 Å². The van der Waals surface area contributed by atoms with Crippen molar-refractivity contribution in [1.82, 2.24) is 10.6 Å². The summed E-state index contributed by atoms with van der Waals surface area (Å²) in [6, 6.07) is 8.27. The first-order valence-electron chi connectivity index (χ1n) is 7.67. The van der Waals surface area contributed by atoms with E-state index in [2.05, 4.69) is 15.6 Å². The molecule has 1 heterocycles. The van der Waals surface area contributed by atoms with Crippen molar-refractivity contribution in [3.63, 3.8) is 0 Å². The molecule has 1 aromatic carbocycles. The van der Waals surface area contributed by atoms with Gasteiger partial charge in [0, 0.05) is 31.1 Å². The largest absolute Gasteiger partial charge is 0.469 e. The Kier molecular flexibility index (Phi) is 6.94. The van der Waals surface area contributed by atoms with Gasteiger partial charge < -0.3 is 15.1 Å². The molecule has 6 heteroatoms. The molecule has 0 unspecified atom stereocenters. The lowest BCUT2D eigenvalue weighted by Gasteiger charge is -2.11. The van der Waals surface area contributed by atoms with Gasteiger partial charge >= 0.3 is 0 Å². The summed E-state index contributed by atoms with van der Waals surface area (Å²) in [7, 11) is 0. The van der Waals surface area contributed by atoms with Crippen LogP contribution in [0.1, 0.15) is 18.2 Å². The van der Waals surface area contributed by atoms with Crippen molar-refractivity contribution >= 4 is 17.6 Å². The fourth-order valence-electron chi connectivity index (χ4n) is 2.11. The van der Waals surface area contributed by atoms with Crippen LogP contribution in [0.2, 0.25) is 5.02 Å². The van der Waals surface area contributed by atoms with E-state index in [-0.39, 0.29) is 5.82 Å². The fraction of sp³-hybridized carbons (Fsp3) is 0.353. The zero-order valence-corrected chi connectivity index (χ0v) is 13.9. The molecule has 2 N–H and O–H groups in total. The Morgan fingerprint density at radius 3 is 2.83 bits per heavy atom. The maximum absolute atomic E-state index is 13.0. The highest BCUT2D eigenvalue weighted by Crippen LogP contribution is 2.17. The minimum absolute atomic E-state index is 0.320. The zero-order valence-electron chi connectivity index (χ0n) is 13.1. The van der Waals surface area contributed by atoms with Crippen molar-refractivity contribution in [3.05, 3.63) is 58.8 Å². The van der Waals surface area contributed by atoms with Crippen molar-refractivity contribution in [2.24, 2.45) is 4.99 Å². The van der Waals surface area contributed by atoms with E-state index in [1.54, 1.807) is 12.3 Å². The lowest BCUT2D eigenvalue weighted by atomic mass is 10.1. The van der Waals surface area contributed by atoms with Crippen LogP contribution >= 0.6 is 11.6 Å². The second-order valence-electron chi connectivity index (χ2n) is 5.00. The smallest absolute Gasteiger partial charge is 0.191 e. The van der Waals surface area contributed by atoms with Crippen LogP contribution in [0.3, 0.4) is 0 Å². The maximum atomic E-state index is 13.0. The van der Waals surface area contributed by atoms with Gasteiger partial charge in [-0.3, -0.25) is 4.99 Å². The maximum Gasteiger partial charge on any atom is 0.191 e. The number of aliphatic imine (C=N–C) groups is 1. The predicted octanol–water partition coefficient (Wildman–Crippen LogP) is 3.41. The van der Waals surface area contributed by atoms with E-state index in [1.165, 1.54) is 12.1 Å². The first kappa shape index (κ1) is 17.3. The fourth-order valence-corrected chi connectivity index (χ4v) is 2.38. The number of benzene rings is 1. The molecule has 1 aromatic heterocycles. The summed E-state index contributed by atoms with van der Waals surface area (Å²) in [5.74, 6) is 1.35. The van der Waals surface area contributed by atoms with Gasteiger partial charge in [0.05, 0.1) is 6.26 Å². The molecule has 0 spiro atoms. The average Bonchev–Trinajstić information content (AvgIpc) is 3.03. The quantitative estimate of drug-likeness (QED) is 0.601. The van der Waals surface area contributed by atoms with Crippen LogP contribution in [0.5, 0.6) is 0 Å². The third-order valence-electron chi connectivity index (χ3n) is 3.25. The highest BCUT2D eigenvalue weighted by molar-refractivity contribution is 6.31. The van der Waals surface area contributed by atoms with Gasteiger partial charge in [-0.25, -0.2) is 4.39 Å². The van der Waals surface area contributed by atoms with Crippen LogP contribution in [0.15, 0.2) is 46.0 Å². The molecule has 0 bridgehead atoms. The number of nitrogens with one attached hydrogen (secondary N) is 2. The molecule has 0 fully saturated rings. The first-order chi connectivity index (χ1) is 11.2. The summed E-state index contributed by atoms with van der Waals surface area (Å²) in [6.07, 6.45) is 3.12. The van der Waals surface area contributed by atoms with Crippen LogP contribution in [0.4, 0.5) is 4.39 Å². The van der Waals surface area contributed by atoms with E-state index in [9.17, 15) is 4.39 Å². The van der Waals surface area contributed by atoms with E-state index in [0.717, 1.165) is 30.2 Å². The molecule has 0 saturated heterocycles. The summed E-state index contributed by atoms with van der Waals surface area (Å²) in [4.78, 5) is 4.50. The third-order valence-corrected chi connectivity index (χ3v) is 3.61. The van der Waals surface area contributed by atoms with Gasteiger partial charge in [0.1, 0.15) is 11.6 Å². The highest BCUT2D eigenvalue weighted by Gasteiger charge is 2.03. The normalized spacial score (nSPS) is 11.5. The van der Waals surface area contributed by atoms with E-state index in [0.29, 0.717) is 24.5 Å². The van der Waals surface area contributed by atoms with Crippen molar-refractivity contribution < 1.29 is 8.81 Å². The van der Waals surface area contributed by atoms with E-state index in [4.69, 9.17) is 16.0 Å². The minimum Gasteiger partial charge on any atom is -0.469 e. The number of furan rings is 1. The molecular formula is C17H21ClFN3O. The van der Waals surface area contributed by atoms with Gasteiger partial charge in [-0.05, 0) is 43.2 Å². The molecule has 0 aliphatic rings. The Balaban J connectivity index is 1.81. The predicted molar refractivity (Wildman–Crippen MR) is 91.5 cm³/mol. The standard InChI is InChI=1S/C17H21ClFN3O/c1-2-20-17(22-10-8-15-4-3-11-23-15)21-9-7-13-5-6-14(19)12-16(13)18/h3-6,11-12H,2,7-10H2,1H3,(H2,20,21,22). The number of halogens is 2. The van der Waals surface area contributed by atoms with Gasteiger partial charge in [0.25, 0.3) is 0 Å². The van der Waals surface area contributed by atoms with E-state index >= 15 is 0 Å². The number of rotatable bonds is 7.